The molecule has 0 aliphatic carbocycles. The SMILES string of the molecule is CC1CN(C(=O)Nc2cc(F)ccc2C(=O)O)CCO1. The second-order valence-electron chi connectivity index (χ2n) is 4.55. The van der Waals surface area contributed by atoms with Gasteiger partial charge in [-0.2, -0.15) is 0 Å². The minimum absolute atomic E-state index is 0.0540. The lowest BCUT2D eigenvalue weighted by atomic mass is 10.1. The van der Waals surface area contributed by atoms with E-state index in [1.165, 1.54) is 4.90 Å². The van der Waals surface area contributed by atoms with Crippen LogP contribution in [0.4, 0.5) is 14.9 Å². The Balaban J connectivity index is 2.14. The summed E-state index contributed by atoms with van der Waals surface area (Å²) in [5, 5.41) is 11.4. The van der Waals surface area contributed by atoms with E-state index in [9.17, 15) is 14.0 Å². The first-order valence-corrected chi connectivity index (χ1v) is 6.17. The molecule has 108 valence electrons. The Morgan fingerprint density at radius 3 is 2.90 bits per heavy atom. The molecule has 1 heterocycles. The number of urea groups is 1. The van der Waals surface area contributed by atoms with Gasteiger partial charge in [0.2, 0.25) is 0 Å². The first kappa shape index (κ1) is 14.3. The minimum atomic E-state index is -1.23. The highest BCUT2D eigenvalue weighted by molar-refractivity contribution is 6.00. The number of hydrogen-bond acceptors (Lipinski definition) is 3. The quantitative estimate of drug-likeness (QED) is 0.866. The van der Waals surface area contributed by atoms with Gasteiger partial charge in [-0.25, -0.2) is 14.0 Å². The number of carboxylic acid groups (broad SMARTS) is 1. The van der Waals surface area contributed by atoms with Crippen LogP contribution in [0.1, 0.15) is 17.3 Å². The molecular formula is C13H15FN2O4. The zero-order valence-electron chi connectivity index (χ0n) is 10.9. The van der Waals surface area contributed by atoms with Crippen LogP contribution in [0.15, 0.2) is 18.2 Å². The van der Waals surface area contributed by atoms with Crippen molar-refractivity contribution in [1.82, 2.24) is 4.90 Å². The largest absolute Gasteiger partial charge is 0.478 e. The van der Waals surface area contributed by atoms with Crippen LogP contribution in [0, 0.1) is 5.82 Å². The predicted octanol–water partition coefficient (Wildman–Crippen LogP) is 1.78. The third-order valence-corrected chi connectivity index (χ3v) is 2.98. The van der Waals surface area contributed by atoms with Gasteiger partial charge in [0.25, 0.3) is 0 Å². The molecule has 1 aromatic rings. The van der Waals surface area contributed by atoms with E-state index in [2.05, 4.69) is 5.32 Å². The Kier molecular flexibility index (Phi) is 4.19. The third-order valence-electron chi connectivity index (χ3n) is 2.98. The highest BCUT2D eigenvalue weighted by atomic mass is 19.1. The number of carbonyl (C=O) groups excluding carboxylic acids is 1. The number of carbonyl (C=O) groups is 2. The summed E-state index contributed by atoms with van der Waals surface area (Å²) in [6.45, 7) is 3.07. The van der Waals surface area contributed by atoms with Crippen molar-refractivity contribution in [2.45, 2.75) is 13.0 Å². The first-order valence-electron chi connectivity index (χ1n) is 6.17. The van der Waals surface area contributed by atoms with E-state index in [0.29, 0.717) is 19.7 Å². The molecule has 1 aliphatic heterocycles. The number of ether oxygens (including phenoxy) is 1. The fourth-order valence-electron chi connectivity index (χ4n) is 2.00. The summed E-state index contributed by atoms with van der Waals surface area (Å²) < 4.78 is 18.5. The van der Waals surface area contributed by atoms with Crippen molar-refractivity contribution in [3.8, 4) is 0 Å². The number of rotatable bonds is 2. The van der Waals surface area contributed by atoms with Gasteiger partial charge in [0.05, 0.1) is 24.0 Å². The molecular weight excluding hydrogens is 267 g/mol. The molecule has 0 spiro atoms. The van der Waals surface area contributed by atoms with Gasteiger partial charge >= 0.3 is 12.0 Å². The summed E-state index contributed by atoms with van der Waals surface area (Å²) in [6, 6.07) is 2.68. The van der Waals surface area contributed by atoms with Crippen molar-refractivity contribution in [3.63, 3.8) is 0 Å². The standard InChI is InChI=1S/C13H15FN2O4/c1-8-7-16(4-5-20-8)13(19)15-11-6-9(14)2-3-10(11)12(17)18/h2-3,6,8H,4-5,7H2,1H3,(H,15,19)(H,17,18). The Morgan fingerprint density at radius 1 is 1.50 bits per heavy atom. The summed E-state index contributed by atoms with van der Waals surface area (Å²) >= 11 is 0. The molecule has 2 N–H and O–H groups in total. The number of amides is 2. The lowest BCUT2D eigenvalue weighted by Crippen LogP contribution is -2.46. The molecule has 1 unspecified atom stereocenters. The number of benzene rings is 1. The zero-order valence-corrected chi connectivity index (χ0v) is 10.9. The van der Waals surface area contributed by atoms with E-state index in [4.69, 9.17) is 9.84 Å². The van der Waals surface area contributed by atoms with E-state index in [1.54, 1.807) is 0 Å². The van der Waals surface area contributed by atoms with Gasteiger partial charge < -0.3 is 20.1 Å². The maximum absolute atomic E-state index is 13.2. The maximum Gasteiger partial charge on any atom is 0.337 e. The van der Waals surface area contributed by atoms with Crippen molar-refractivity contribution in [3.05, 3.63) is 29.6 Å². The molecule has 1 atom stereocenters. The molecule has 0 saturated carbocycles. The Labute approximate surface area is 115 Å². The van der Waals surface area contributed by atoms with Crippen LogP contribution in [0.2, 0.25) is 0 Å². The van der Waals surface area contributed by atoms with Crippen LogP contribution in [0.25, 0.3) is 0 Å². The van der Waals surface area contributed by atoms with Gasteiger partial charge in [0, 0.05) is 13.1 Å². The number of hydrogen-bond donors (Lipinski definition) is 2. The molecule has 1 aromatic carbocycles. The van der Waals surface area contributed by atoms with E-state index < -0.39 is 17.8 Å². The van der Waals surface area contributed by atoms with Crippen molar-refractivity contribution in [2.24, 2.45) is 0 Å². The summed E-state index contributed by atoms with van der Waals surface area (Å²) in [4.78, 5) is 24.6. The van der Waals surface area contributed by atoms with Crippen LogP contribution in [-0.2, 0) is 4.74 Å². The van der Waals surface area contributed by atoms with Crippen LogP contribution in [0.5, 0.6) is 0 Å². The number of halogens is 1. The molecule has 0 radical (unpaired) electrons. The van der Waals surface area contributed by atoms with Crippen molar-refractivity contribution < 1.29 is 23.8 Å². The van der Waals surface area contributed by atoms with Gasteiger partial charge in [-0.15, -0.1) is 0 Å². The number of aromatic carboxylic acids is 1. The average molecular weight is 282 g/mol. The van der Waals surface area contributed by atoms with Crippen LogP contribution >= 0.6 is 0 Å². The minimum Gasteiger partial charge on any atom is -0.478 e. The second-order valence-corrected chi connectivity index (χ2v) is 4.55. The summed E-state index contributed by atoms with van der Waals surface area (Å²) in [5.74, 6) is -1.84. The van der Waals surface area contributed by atoms with Crippen LogP contribution in [-0.4, -0.2) is 47.8 Å². The monoisotopic (exact) mass is 282 g/mol. The molecule has 20 heavy (non-hydrogen) atoms. The van der Waals surface area contributed by atoms with E-state index in [1.807, 2.05) is 6.92 Å². The average Bonchev–Trinajstić information content (AvgIpc) is 2.38. The second kappa shape index (κ2) is 5.87. The summed E-state index contributed by atoms with van der Waals surface area (Å²) in [5.41, 5.74) is -0.206. The number of nitrogens with one attached hydrogen (secondary N) is 1. The highest BCUT2D eigenvalue weighted by Gasteiger charge is 2.22. The molecule has 1 saturated heterocycles. The predicted molar refractivity (Wildman–Crippen MR) is 69.4 cm³/mol. The van der Waals surface area contributed by atoms with Gasteiger partial charge in [0.1, 0.15) is 5.82 Å². The molecule has 6 nitrogen and oxygen atoms in total. The number of morpholine rings is 1. The molecule has 1 aliphatic rings. The highest BCUT2D eigenvalue weighted by Crippen LogP contribution is 2.18. The lowest BCUT2D eigenvalue weighted by Gasteiger charge is -2.31. The Hall–Kier alpha value is -2.15. The molecule has 2 amide bonds. The first-order chi connectivity index (χ1) is 9.47. The van der Waals surface area contributed by atoms with Gasteiger partial charge in [-0.1, -0.05) is 0 Å². The molecule has 1 fully saturated rings. The third kappa shape index (κ3) is 3.24. The molecule has 0 aromatic heterocycles. The smallest absolute Gasteiger partial charge is 0.337 e. The number of anilines is 1. The van der Waals surface area contributed by atoms with Gasteiger partial charge in [0.15, 0.2) is 0 Å². The zero-order chi connectivity index (χ0) is 14.7. The molecule has 2 rings (SSSR count). The summed E-state index contributed by atoms with van der Waals surface area (Å²) in [7, 11) is 0. The van der Waals surface area contributed by atoms with E-state index >= 15 is 0 Å². The molecule has 7 heteroatoms. The number of carboxylic acids is 1. The Bertz CT molecular complexity index is 535. The topological polar surface area (TPSA) is 78.9 Å². The fraction of sp³-hybridized carbons (Fsp3) is 0.385. The summed E-state index contributed by atoms with van der Waals surface area (Å²) in [6.07, 6.45) is -0.0825. The number of nitrogens with zero attached hydrogens (tertiary/aromatic N) is 1. The van der Waals surface area contributed by atoms with Gasteiger partial charge in [-0.05, 0) is 25.1 Å². The van der Waals surface area contributed by atoms with Crippen molar-refractivity contribution in [2.75, 3.05) is 25.0 Å². The van der Waals surface area contributed by atoms with Crippen LogP contribution < -0.4 is 5.32 Å². The molecule has 0 bridgehead atoms. The normalized spacial score (nSPS) is 18.7. The van der Waals surface area contributed by atoms with Crippen LogP contribution in [0.3, 0.4) is 0 Å². The van der Waals surface area contributed by atoms with E-state index in [-0.39, 0.29) is 17.4 Å². The van der Waals surface area contributed by atoms with E-state index in [0.717, 1.165) is 18.2 Å². The van der Waals surface area contributed by atoms with Gasteiger partial charge in [-0.3, -0.25) is 0 Å². The van der Waals surface area contributed by atoms with Crippen molar-refractivity contribution >= 4 is 17.7 Å². The lowest BCUT2D eigenvalue weighted by molar-refractivity contribution is -0.00139. The Morgan fingerprint density at radius 2 is 2.25 bits per heavy atom. The fourth-order valence-corrected chi connectivity index (χ4v) is 2.00. The van der Waals surface area contributed by atoms with Crippen molar-refractivity contribution in [1.29, 1.82) is 0 Å². The maximum atomic E-state index is 13.2.